The van der Waals surface area contributed by atoms with Crippen molar-refractivity contribution in [3.05, 3.63) is 58.0 Å². The van der Waals surface area contributed by atoms with Gasteiger partial charge in [-0.1, -0.05) is 28.9 Å². The summed E-state index contributed by atoms with van der Waals surface area (Å²) in [5.41, 5.74) is 2.07. The van der Waals surface area contributed by atoms with Crippen LogP contribution < -0.4 is 5.32 Å². The van der Waals surface area contributed by atoms with E-state index in [0.29, 0.717) is 40.4 Å². The van der Waals surface area contributed by atoms with Gasteiger partial charge in [-0.15, -0.1) is 10.2 Å². The number of likely N-dealkylation sites (tertiary alicyclic amines) is 1. The number of carbonyl (C=O) groups excluding carboxylic acids is 1. The number of anilines is 1. The zero-order chi connectivity index (χ0) is 21.4. The predicted octanol–water partition coefficient (Wildman–Crippen LogP) is 4.21. The number of carbonyl (C=O) groups is 1. The highest BCUT2D eigenvalue weighted by Crippen LogP contribution is 2.34. The molecule has 4 rings (SSSR count). The van der Waals surface area contributed by atoms with Crippen LogP contribution in [0.5, 0.6) is 0 Å². The van der Waals surface area contributed by atoms with Crippen LogP contribution in [0.1, 0.15) is 41.1 Å². The number of rotatable bonds is 4. The predicted molar refractivity (Wildman–Crippen MR) is 109 cm³/mol. The second kappa shape index (κ2) is 8.06. The summed E-state index contributed by atoms with van der Waals surface area (Å²) >= 11 is 5.97. The van der Waals surface area contributed by atoms with Gasteiger partial charge >= 0.3 is 6.03 Å². The minimum absolute atomic E-state index is 0.0211. The standard InChI is InChI=1S/C20H22ClFN6O2/c1-11-18(12(2)30-26-11)23-20(29)28-10-16(22)8-17(28)19-25-24-13(3)27(19)9-14-4-6-15(21)7-5-14/h4-7,16-17H,8-10H2,1-3H3,(H,23,29)/t16?,17-/m1/s1. The van der Waals surface area contributed by atoms with Crippen molar-refractivity contribution >= 4 is 23.3 Å². The monoisotopic (exact) mass is 432 g/mol. The molecule has 10 heteroatoms. The molecular weight excluding hydrogens is 411 g/mol. The first-order valence-corrected chi connectivity index (χ1v) is 10.00. The third kappa shape index (κ3) is 3.89. The lowest BCUT2D eigenvalue weighted by atomic mass is 10.1. The van der Waals surface area contributed by atoms with Gasteiger partial charge in [0, 0.05) is 11.4 Å². The summed E-state index contributed by atoms with van der Waals surface area (Å²) in [7, 11) is 0. The first-order chi connectivity index (χ1) is 14.3. The Morgan fingerprint density at radius 3 is 2.67 bits per heavy atom. The number of nitrogens with one attached hydrogen (secondary N) is 1. The van der Waals surface area contributed by atoms with Crippen molar-refractivity contribution < 1.29 is 13.7 Å². The Bertz CT molecular complexity index is 1040. The van der Waals surface area contributed by atoms with Crippen molar-refractivity contribution in [3.63, 3.8) is 0 Å². The second-order valence-electron chi connectivity index (χ2n) is 7.45. The zero-order valence-corrected chi connectivity index (χ0v) is 17.6. The van der Waals surface area contributed by atoms with Crippen LogP contribution in [-0.2, 0) is 6.54 Å². The molecule has 1 aliphatic rings. The molecule has 30 heavy (non-hydrogen) atoms. The van der Waals surface area contributed by atoms with E-state index in [1.807, 2.05) is 35.8 Å². The van der Waals surface area contributed by atoms with E-state index in [-0.39, 0.29) is 13.0 Å². The van der Waals surface area contributed by atoms with E-state index in [4.69, 9.17) is 16.1 Å². The molecule has 0 radical (unpaired) electrons. The number of aromatic nitrogens is 4. The number of nitrogens with zero attached hydrogens (tertiary/aromatic N) is 5. The lowest BCUT2D eigenvalue weighted by Gasteiger charge is -2.24. The first-order valence-electron chi connectivity index (χ1n) is 9.62. The van der Waals surface area contributed by atoms with Gasteiger partial charge in [0.15, 0.2) is 11.6 Å². The van der Waals surface area contributed by atoms with Crippen LogP contribution in [0.4, 0.5) is 14.9 Å². The molecule has 158 valence electrons. The number of benzene rings is 1. The van der Waals surface area contributed by atoms with E-state index in [1.54, 1.807) is 13.8 Å². The summed E-state index contributed by atoms with van der Waals surface area (Å²) in [5.74, 6) is 1.74. The van der Waals surface area contributed by atoms with Gasteiger partial charge in [0.25, 0.3) is 0 Å². The van der Waals surface area contributed by atoms with Gasteiger partial charge in [0.1, 0.15) is 23.4 Å². The maximum absolute atomic E-state index is 14.4. The number of hydrogen-bond donors (Lipinski definition) is 1. The summed E-state index contributed by atoms with van der Waals surface area (Å²) < 4.78 is 21.4. The third-order valence-electron chi connectivity index (χ3n) is 5.29. The molecule has 1 unspecified atom stereocenters. The number of alkyl halides is 1. The molecule has 3 aromatic rings. The molecule has 0 bridgehead atoms. The van der Waals surface area contributed by atoms with E-state index in [2.05, 4.69) is 20.7 Å². The number of aryl methyl sites for hydroxylation is 3. The van der Waals surface area contributed by atoms with Crippen molar-refractivity contribution in [2.24, 2.45) is 0 Å². The average molecular weight is 433 g/mol. The van der Waals surface area contributed by atoms with Gasteiger partial charge in [-0.3, -0.25) is 0 Å². The van der Waals surface area contributed by atoms with Crippen LogP contribution in [0.25, 0.3) is 0 Å². The van der Waals surface area contributed by atoms with Gasteiger partial charge in [-0.2, -0.15) is 0 Å². The van der Waals surface area contributed by atoms with Gasteiger partial charge < -0.3 is 19.3 Å². The fourth-order valence-corrected chi connectivity index (χ4v) is 3.83. The Kier molecular flexibility index (Phi) is 5.46. The van der Waals surface area contributed by atoms with Gasteiger partial charge in [-0.05, 0) is 38.5 Å². The maximum atomic E-state index is 14.4. The maximum Gasteiger partial charge on any atom is 0.322 e. The van der Waals surface area contributed by atoms with E-state index in [9.17, 15) is 9.18 Å². The third-order valence-corrected chi connectivity index (χ3v) is 5.54. The normalized spacial score (nSPS) is 18.8. The average Bonchev–Trinajstić information content (AvgIpc) is 3.37. The van der Waals surface area contributed by atoms with Crippen molar-refractivity contribution in [1.29, 1.82) is 0 Å². The van der Waals surface area contributed by atoms with E-state index < -0.39 is 18.2 Å². The minimum atomic E-state index is -1.15. The van der Waals surface area contributed by atoms with E-state index in [0.717, 1.165) is 5.56 Å². The van der Waals surface area contributed by atoms with Gasteiger partial charge in [0.05, 0.1) is 19.1 Å². The van der Waals surface area contributed by atoms with Gasteiger partial charge in [-0.25, -0.2) is 9.18 Å². The molecule has 0 saturated carbocycles. The minimum Gasteiger partial charge on any atom is -0.359 e. The molecule has 3 heterocycles. The van der Waals surface area contributed by atoms with Crippen LogP contribution in [0.3, 0.4) is 0 Å². The smallest absolute Gasteiger partial charge is 0.322 e. The largest absolute Gasteiger partial charge is 0.359 e. The highest BCUT2D eigenvalue weighted by molar-refractivity contribution is 6.30. The molecule has 0 aliphatic carbocycles. The van der Waals surface area contributed by atoms with Crippen LogP contribution in [-0.4, -0.2) is 43.6 Å². The molecule has 2 atom stereocenters. The molecule has 1 saturated heterocycles. The number of amides is 2. The molecule has 1 N–H and O–H groups in total. The highest BCUT2D eigenvalue weighted by atomic mass is 35.5. The fourth-order valence-electron chi connectivity index (χ4n) is 3.71. The summed E-state index contributed by atoms with van der Waals surface area (Å²) in [6.07, 6.45) is -0.986. The van der Waals surface area contributed by atoms with Gasteiger partial charge in [0.2, 0.25) is 0 Å². The molecule has 0 spiro atoms. The Labute approximate surface area is 178 Å². The Morgan fingerprint density at radius 2 is 2.00 bits per heavy atom. The van der Waals surface area contributed by atoms with Crippen molar-refractivity contribution in [2.45, 2.75) is 46.0 Å². The second-order valence-corrected chi connectivity index (χ2v) is 7.88. The van der Waals surface area contributed by atoms with Crippen molar-refractivity contribution in [2.75, 3.05) is 11.9 Å². The first kappa shape index (κ1) is 20.3. The molecule has 8 nitrogen and oxygen atoms in total. The summed E-state index contributed by atoms with van der Waals surface area (Å²) in [4.78, 5) is 14.4. The van der Waals surface area contributed by atoms with Crippen LogP contribution in [0, 0.1) is 20.8 Å². The van der Waals surface area contributed by atoms with Crippen LogP contribution in [0.15, 0.2) is 28.8 Å². The van der Waals surface area contributed by atoms with E-state index >= 15 is 0 Å². The van der Waals surface area contributed by atoms with E-state index in [1.165, 1.54) is 4.90 Å². The molecular formula is C20H22ClFN6O2. The summed E-state index contributed by atoms with van der Waals surface area (Å²) in [6, 6.07) is 6.50. The van der Waals surface area contributed by atoms with Crippen LogP contribution >= 0.6 is 11.6 Å². The Morgan fingerprint density at radius 1 is 1.27 bits per heavy atom. The lowest BCUT2D eigenvalue weighted by molar-refractivity contribution is 0.201. The summed E-state index contributed by atoms with van der Waals surface area (Å²) in [6.45, 7) is 5.76. The Balaban J connectivity index is 1.60. The van der Waals surface area contributed by atoms with Crippen molar-refractivity contribution in [3.8, 4) is 0 Å². The molecule has 1 fully saturated rings. The summed E-state index contributed by atoms with van der Waals surface area (Å²) in [5, 5.41) is 15.7. The van der Waals surface area contributed by atoms with Crippen LogP contribution in [0.2, 0.25) is 5.02 Å². The zero-order valence-electron chi connectivity index (χ0n) is 16.9. The number of halogens is 2. The highest BCUT2D eigenvalue weighted by Gasteiger charge is 2.40. The lowest BCUT2D eigenvalue weighted by Crippen LogP contribution is -2.36. The number of urea groups is 1. The molecule has 1 aromatic carbocycles. The fraction of sp³-hybridized carbons (Fsp3) is 0.400. The number of hydrogen-bond acceptors (Lipinski definition) is 5. The topological polar surface area (TPSA) is 89.1 Å². The molecule has 2 amide bonds. The molecule has 2 aromatic heterocycles. The quantitative estimate of drug-likeness (QED) is 0.667. The SMILES string of the molecule is Cc1noc(C)c1NC(=O)N1CC(F)C[C@@H]1c1nnc(C)n1Cc1ccc(Cl)cc1. The Hall–Kier alpha value is -2.94. The molecule has 1 aliphatic heterocycles. The van der Waals surface area contributed by atoms with Crippen molar-refractivity contribution in [1.82, 2.24) is 24.8 Å².